The highest BCUT2D eigenvalue weighted by atomic mass is 35.5. The summed E-state index contributed by atoms with van der Waals surface area (Å²) in [6.45, 7) is 4.54. The number of rotatable bonds is 4. The summed E-state index contributed by atoms with van der Waals surface area (Å²) in [5, 5.41) is 0. The van der Waals surface area contributed by atoms with Crippen molar-refractivity contribution in [1.29, 1.82) is 0 Å². The lowest BCUT2D eigenvalue weighted by Gasteiger charge is -2.32. The van der Waals surface area contributed by atoms with Gasteiger partial charge in [0.05, 0.1) is 4.90 Å². The van der Waals surface area contributed by atoms with E-state index in [9.17, 15) is 8.42 Å². The Hall–Kier alpha value is -0.230. The molecule has 1 unspecified atom stereocenters. The first-order valence-electron chi connectivity index (χ1n) is 6.78. The fourth-order valence-electron chi connectivity index (χ4n) is 2.41. The number of hydrogen-bond acceptors (Lipinski definition) is 3. The van der Waals surface area contributed by atoms with Gasteiger partial charge in [-0.1, -0.05) is 19.1 Å². The van der Waals surface area contributed by atoms with E-state index in [0.29, 0.717) is 23.7 Å². The summed E-state index contributed by atoms with van der Waals surface area (Å²) in [6.07, 6.45) is 0.702. The highest BCUT2D eigenvalue weighted by Gasteiger charge is 2.32. The van der Waals surface area contributed by atoms with E-state index in [-0.39, 0.29) is 6.04 Å². The van der Waals surface area contributed by atoms with E-state index < -0.39 is 10.0 Å². The first kappa shape index (κ1) is 16.1. The Morgan fingerprint density at radius 3 is 2.80 bits per heavy atom. The Morgan fingerprint density at radius 2 is 2.20 bits per heavy atom. The van der Waals surface area contributed by atoms with Crippen LogP contribution in [0.15, 0.2) is 23.1 Å². The topological polar surface area (TPSA) is 37.4 Å². The summed E-state index contributed by atoms with van der Waals surface area (Å²) >= 11 is 7.66. The molecule has 1 aromatic carbocycles. The quantitative estimate of drug-likeness (QED) is 0.794. The van der Waals surface area contributed by atoms with Crippen LogP contribution >= 0.6 is 23.4 Å². The van der Waals surface area contributed by atoms with E-state index in [4.69, 9.17) is 11.6 Å². The molecule has 1 aliphatic heterocycles. The van der Waals surface area contributed by atoms with Crippen LogP contribution in [0.25, 0.3) is 0 Å². The first-order chi connectivity index (χ1) is 9.50. The summed E-state index contributed by atoms with van der Waals surface area (Å²) in [5.41, 5.74) is 1.71. The van der Waals surface area contributed by atoms with Crippen LogP contribution < -0.4 is 0 Å². The van der Waals surface area contributed by atoms with E-state index in [0.717, 1.165) is 22.6 Å². The Morgan fingerprint density at radius 1 is 1.45 bits per heavy atom. The minimum atomic E-state index is -3.43. The molecule has 0 N–H and O–H groups in total. The molecule has 0 aliphatic carbocycles. The van der Waals surface area contributed by atoms with Gasteiger partial charge in [-0.3, -0.25) is 0 Å². The van der Waals surface area contributed by atoms with Crippen LogP contribution in [0.4, 0.5) is 0 Å². The summed E-state index contributed by atoms with van der Waals surface area (Å²) in [5.74, 6) is 2.05. The van der Waals surface area contributed by atoms with Crippen molar-refractivity contribution in [3.8, 4) is 0 Å². The molecule has 20 heavy (non-hydrogen) atoms. The maximum Gasteiger partial charge on any atom is 0.243 e. The molecule has 0 bridgehead atoms. The number of aryl methyl sites for hydroxylation is 1. The van der Waals surface area contributed by atoms with Gasteiger partial charge in [-0.05, 0) is 30.5 Å². The highest BCUT2D eigenvalue weighted by molar-refractivity contribution is 7.99. The van der Waals surface area contributed by atoms with Crippen LogP contribution in [0.5, 0.6) is 0 Å². The molecule has 0 saturated carbocycles. The second kappa shape index (κ2) is 6.69. The van der Waals surface area contributed by atoms with E-state index in [1.807, 2.05) is 37.7 Å². The van der Waals surface area contributed by atoms with Crippen molar-refractivity contribution in [2.75, 3.05) is 18.1 Å². The van der Waals surface area contributed by atoms with Gasteiger partial charge in [0.2, 0.25) is 10.0 Å². The summed E-state index contributed by atoms with van der Waals surface area (Å²) in [7, 11) is -3.43. The summed E-state index contributed by atoms with van der Waals surface area (Å²) in [6, 6.07) is 5.56. The normalized spacial score (nSPS) is 21.1. The van der Waals surface area contributed by atoms with Gasteiger partial charge < -0.3 is 0 Å². The maximum absolute atomic E-state index is 12.9. The number of hydrogen-bond donors (Lipinski definition) is 0. The van der Waals surface area contributed by atoms with Gasteiger partial charge in [0.25, 0.3) is 0 Å². The molecule has 1 heterocycles. The molecule has 0 radical (unpaired) electrons. The van der Waals surface area contributed by atoms with E-state index >= 15 is 0 Å². The van der Waals surface area contributed by atoms with Gasteiger partial charge >= 0.3 is 0 Å². The van der Waals surface area contributed by atoms with Crippen LogP contribution in [0, 0.1) is 0 Å². The summed E-state index contributed by atoms with van der Waals surface area (Å²) < 4.78 is 27.5. The fourth-order valence-corrected chi connectivity index (χ4v) is 5.78. The molecular weight excluding hydrogens is 314 g/mol. The van der Waals surface area contributed by atoms with E-state index in [1.54, 1.807) is 10.4 Å². The molecule has 2 rings (SSSR count). The van der Waals surface area contributed by atoms with Crippen LogP contribution in [0.2, 0.25) is 0 Å². The smallest absolute Gasteiger partial charge is 0.207 e. The molecule has 1 aliphatic rings. The number of thioether (sulfide) groups is 1. The van der Waals surface area contributed by atoms with Crippen molar-refractivity contribution < 1.29 is 8.42 Å². The Kier molecular flexibility index (Phi) is 5.40. The fraction of sp³-hybridized carbons (Fsp3) is 0.571. The van der Waals surface area contributed by atoms with Crippen molar-refractivity contribution in [1.82, 2.24) is 4.31 Å². The van der Waals surface area contributed by atoms with E-state index in [2.05, 4.69) is 0 Å². The molecule has 1 fully saturated rings. The lowest BCUT2D eigenvalue weighted by Crippen LogP contribution is -2.44. The van der Waals surface area contributed by atoms with Crippen LogP contribution in [0.3, 0.4) is 0 Å². The minimum Gasteiger partial charge on any atom is -0.207 e. The lowest BCUT2D eigenvalue weighted by molar-refractivity contribution is 0.367. The van der Waals surface area contributed by atoms with Crippen molar-refractivity contribution in [2.45, 2.75) is 37.1 Å². The van der Waals surface area contributed by atoms with Gasteiger partial charge in [0.15, 0.2) is 0 Å². The van der Waals surface area contributed by atoms with Crippen molar-refractivity contribution in [3.63, 3.8) is 0 Å². The predicted molar refractivity (Wildman–Crippen MR) is 86.1 cm³/mol. The molecule has 0 spiro atoms. The molecule has 0 amide bonds. The van der Waals surface area contributed by atoms with Gasteiger partial charge in [0.1, 0.15) is 0 Å². The van der Waals surface area contributed by atoms with Gasteiger partial charge in [-0.2, -0.15) is 16.1 Å². The summed E-state index contributed by atoms with van der Waals surface area (Å²) in [4.78, 5) is 0.428. The van der Waals surface area contributed by atoms with Crippen LogP contribution in [-0.2, 0) is 22.3 Å². The maximum atomic E-state index is 12.9. The zero-order valence-corrected chi connectivity index (χ0v) is 14.2. The Labute approximate surface area is 130 Å². The molecule has 0 aromatic heterocycles. The van der Waals surface area contributed by atoms with Crippen LogP contribution in [-0.4, -0.2) is 36.8 Å². The molecule has 1 saturated heterocycles. The number of alkyl halides is 1. The average molecular weight is 334 g/mol. The van der Waals surface area contributed by atoms with Crippen molar-refractivity contribution in [3.05, 3.63) is 29.3 Å². The molecule has 6 heteroatoms. The van der Waals surface area contributed by atoms with Gasteiger partial charge in [-0.15, -0.1) is 11.6 Å². The average Bonchev–Trinajstić information content (AvgIpc) is 2.46. The molecule has 112 valence electrons. The Balaban J connectivity index is 2.47. The first-order valence-corrected chi connectivity index (χ1v) is 9.91. The zero-order valence-electron chi connectivity index (χ0n) is 11.8. The monoisotopic (exact) mass is 333 g/mol. The highest BCUT2D eigenvalue weighted by Crippen LogP contribution is 2.28. The van der Waals surface area contributed by atoms with E-state index in [1.165, 1.54) is 0 Å². The lowest BCUT2D eigenvalue weighted by atomic mass is 10.1. The van der Waals surface area contributed by atoms with Crippen molar-refractivity contribution >= 4 is 33.4 Å². The molecule has 3 nitrogen and oxygen atoms in total. The number of nitrogens with zero attached hydrogens (tertiary/aromatic N) is 1. The minimum absolute atomic E-state index is 0.0445. The number of benzene rings is 1. The second-order valence-electron chi connectivity index (χ2n) is 4.97. The standard InChI is InChI=1S/C14H20ClNO2S2/c1-3-13-5-4-12(9-15)8-14(13)20(17,18)16-6-7-19-10-11(16)2/h4-5,8,11H,3,6-7,9-10H2,1-2H3. The largest absolute Gasteiger partial charge is 0.243 e. The third-order valence-corrected chi connectivity index (χ3v) is 7.15. The molecule has 1 atom stereocenters. The third-order valence-electron chi connectivity index (χ3n) is 3.56. The van der Waals surface area contributed by atoms with Crippen LogP contribution in [0.1, 0.15) is 25.0 Å². The van der Waals surface area contributed by atoms with Gasteiger partial charge in [0, 0.05) is 30.0 Å². The molecule has 1 aromatic rings. The SMILES string of the molecule is CCc1ccc(CCl)cc1S(=O)(=O)N1CCSCC1C. The zero-order chi connectivity index (χ0) is 14.8. The molecular formula is C14H20ClNO2S2. The number of sulfonamides is 1. The number of halogens is 1. The van der Waals surface area contributed by atoms with Crippen molar-refractivity contribution in [2.24, 2.45) is 0 Å². The second-order valence-corrected chi connectivity index (χ2v) is 8.25. The predicted octanol–water partition coefficient (Wildman–Crippen LogP) is 3.11. The van der Waals surface area contributed by atoms with Gasteiger partial charge in [-0.25, -0.2) is 8.42 Å². The third kappa shape index (κ3) is 3.16. The Bertz CT molecular complexity index is 575.